The highest BCUT2D eigenvalue weighted by atomic mass is 127. The average Bonchev–Trinajstić information content (AvgIpc) is 2.19. The standard InChI is InChI=1S/C12H13I/c1-2-12(13)10-6-9-11-7-4-3-5-8-11/h3-5,7-8,12H,2,10H2,1H3. The van der Waals surface area contributed by atoms with Crippen molar-refractivity contribution in [1.29, 1.82) is 0 Å². The molecule has 0 aromatic heterocycles. The Hall–Kier alpha value is -0.490. The van der Waals surface area contributed by atoms with Crippen LogP contribution in [-0.4, -0.2) is 3.92 Å². The van der Waals surface area contributed by atoms with Crippen LogP contribution < -0.4 is 0 Å². The van der Waals surface area contributed by atoms with Gasteiger partial charge in [-0.15, -0.1) is 0 Å². The summed E-state index contributed by atoms with van der Waals surface area (Å²) in [5.41, 5.74) is 1.11. The topological polar surface area (TPSA) is 0 Å². The second-order valence-corrected chi connectivity index (χ2v) is 4.64. The minimum atomic E-state index is 0.689. The van der Waals surface area contributed by atoms with Crippen molar-refractivity contribution in [3.05, 3.63) is 35.9 Å². The predicted molar refractivity (Wildman–Crippen MR) is 66.0 cm³/mol. The molecule has 68 valence electrons. The molecule has 1 rings (SSSR count). The van der Waals surface area contributed by atoms with Gasteiger partial charge in [0.1, 0.15) is 0 Å². The highest BCUT2D eigenvalue weighted by Gasteiger charge is 1.94. The zero-order chi connectivity index (χ0) is 9.52. The number of alkyl halides is 1. The molecule has 1 aromatic rings. The summed E-state index contributed by atoms with van der Waals surface area (Å²) in [7, 11) is 0. The summed E-state index contributed by atoms with van der Waals surface area (Å²) in [5.74, 6) is 6.35. The van der Waals surface area contributed by atoms with E-state index in [0.29, 0.717) is 3.92 Å². The van der Waals surface area contributed by atoms with Gasteiger partial charge in [-0.3, -0.25) is 0 Å². The Bertz CT molecular complexity index is 292. The van der Waals surface area contributed by atoms with Crippen LogP contribution in [-0.2, 0) is 0 Å². The molecule has 0 saturated carbocycles. The first-order valence-corrected chi connectivity index (χ1v) is 5.75. The van der Waals surface area contributed by atoms with Gasteiger partial charge in [-0.25, -0.2) is 0 Å². The van der Waals surface area contributed by atoms with Gasteiger partial charge in [0.05, 0.1) is 0 Å². The van der Waals surface area contributed by atoms with E-state index in [0.717, 1.165) is 12.0 Å². The van der Waals surface area contributed by atoms with Gasteiger partial charge in [0.25, 0.3) is 0 Å². The molecule has 13 heavy (non-hydrogen) atoms. The van der Waals surface area contributed by atoms with Gasteiger partial charge in [-0.1, -0.05) is 59.6 Å². The molecule has 0 radical (unpaired) electrons. The Balaban J connectivity index is 2.49. The molecule has 0 nitrogen and oxygen atoms in total. The van der Waals surface area contributed by atoms with Crippen LogP contribution in [0.3, 0.4) is 0 Å². The molecule has 0 aliphatic heterocycles. The number of rotatable bonds is 2. The third-order valence-electron chi connectivity index (χ3n) is 1.77. The quantitative estimate of drug-likeness (QED) is 0.442. The van der Waals surface area contributed by atoms with E-state index in [9.17, 15) is 0 Å². The molecule has 1 heteroatoms. The minimum Gasteiger partial charge on any atom is -0.0968 e. The smallest absolute Gasteiger partial charge is 0.0245 e. The molecular weight excluding hydrogens is 271 g/mol. The van der Waals surface area contributed by atoms with Gasteiger partial charge in [0.2, 0.25) is 0 Å². The van der Waals surface area contributed by atoms with Crippen molar-refractivity contribution in [2.45, 2.75) is 23.7 Å². The molecule has 1 aromatic carbocycles. The summed E-state index contributed by atoms with van der Waals surface area (Å²) in [6, 6.07) is 10.1. The van der Waals surface area contributed by atoms with Crippen LogP contribution in [0.4, 0.5) is 0 Å². The summed E-state index contributed by atoms with van der Waals surface area (Å²) >= 11 is 2.45. The Morgan fingerprint density at radius 1 is 1.31 bits per heavy atom. The summed E-state index contributed by atoms with van der Waals surface area (Å²) in [4.78, 5) is 0. The fourth-order valence-corrected chi connectivity index (χ4v) is 1.15. The minimum absolute atomic E-state index is 0.689. The molecule has 1 unspecified atom stereocenters. The zero-order valence-corrected chi connectivity index (χ0v) is 9.91. The molecule has 1 atom stereocenters. The van der Waals surface area contributed by atoms with Crippen molar-refractivity contribution in [2.24, 2.45) is 0 Å². The van der Waals surface area contributed by atoms with Crippen molar-refractivity contribution in [3.8, 4) is 11.8 Å². The first kappa shape index (κ1) is 10.6. The van der Waals surface area contributed by atoms with E-state index in [2.05, 4.69) is 41.4 Å². The van der Waals surface area contributed by atoms with Crippen molar-refractivity contribution in [2.75, 3.05) is 0 Å². The van der Waals surface area contributed by atoms with Crippen LogP contribution >= 0.6 is 22.6 Å². The Morgan fingerprint density at radius 2 is 2.00 bits per heavy atom. The second kappa shape index (κ2) is 6.04. The van der Waals surface area contributed by atoms with E-state index in [4.69, 9.17) is 0 Å². The van der Waals surface area contributed by atoms with E-state index in [-0.39, 0.29) is 0 Å². The first-order valence-electron chi connectivity index (χ1n) is 4.51. The molecule has 0 amide bonds. The summed E-state index contributed by atoms with van der Waals surface area (Å²) in [6.45, 7) is 2.20. The number of hydrogen-bond donors (Lipinski definition) is 0. The highest BCUT2D eigenvalue weighted by molar-refractivity contribution is 14.1. The van der Waals surface area contributed by atoms with Crippen LogP contribution in [0.5, 0.6) is 0 Å². The van der Waals surface area contributed by atoms with Crippen LogP contribution in [0.1, 0.15) is 25.3 Å². The van der Waals surface area contributed by atoms with Crippen LogP contribution in [0, 0.1) is 11.8 Å². The lowest BCUT2D eigenvalue weighted by atomic mass is 10.2. The average molecular weight is 284 g/mol. The van der Waals surface area contributed by atoms with Crippen molar-refractivity contribution < 1.29 is 0 Å². The molecule has 0 aliphatic carbocycles. The molecule has 0 N–H and O–H groups in total. The lowest BCUT2D eigenvalue weighted by molar-refractivity contribution is 0.880. The fourth-order valence-electron chi connectivity index (χ4n) is 0.930. The molecule has 0 bridgehead atoms. The molecule has 0 spiro atoms. The van der Waals surface area contributed by atoms with E-state index in [1.807, 2.05) is 30.3 Å². The Kier molecular flexibility index (Phi) is 4.92. The van der Waals surface area contributed by atoms with Crippen LogP contribution in [0.2, 0.25) is 0 Å². The number of benzene rings is 1. The third kappa shape index (κ3) is 4.33. The fraction of sp³-hybridized carbons (Fsp3) is 0.333. The summed E-state index contributed by atoms with van der Waals surface area (Å²) < 4.78 is 0.689. The molecule has 0 aliphatic rings. The zero-order valence-electron chi connectivity index (χ0n) is 7.76. The number of hydrogen-bond acceptors (Lipinski definition) is 0. The van der Waals surface area contributed by atoms with Gasteiger partial charge < -0.3 is 0 Å². The lowest BCUT2D eigenvalue weighted by Crippen LogP contribution is -1.90. The maximum absolute atomic E-state index is 3.19. The largest absolute Gasteiger partial charge is 0.0968 e. The van der Waals surface area contributed by atoms with Gasteiger partial charge in [-0.05, 0) is 18.6 Å². The van der Waals surface area contributed by atoms with Crippen molar-refractivity contribution >= 4 is 22.6 Å². The molecule has 0 heterocycles. The predicted octanol–water partition coefficient (Wildman–Crippen LogP) is 3.64. The molecule has 0 fully saturated rings. The Morgan fingerprint density at radius 3 is 2.62 bits per heavy atom. The monoisotopic (exact) mass is 284 g/mol. The lowest BCUT2D eigenvalue weighted by Gasteiger charge is -1.97. The normalized spacial score (nSPS) is 11.5. The van der Waals surface area contributed by atoms with Crippen molar-refractivity contribution in [3.63, 3.8) is 0 Å². The van der Waals surface area contributed by atoms with Crippen LogP contribution in [0.15, 0.2) is 30.3 Å². The maximum atomic E-state index is 3.19. The van der Waals surface area contributed by atoms with E-state index < -0.39 is 0 Å². The highest BCUT2D eigenvalue weighted by Crippen LogP contribution is 2.08. The molecule has 0 saturated heterocycles. The van der Waals surface area contributed by atoms with Gasteiger partial charge in [0, 0.05) is 15.9 Å². The number of halogens is 1. The van der Waals surface area contributed by atoms with Gasteiger partial charge in [0.15, 0.2) is 0 Å². The maximum Gasteiger partial charge on any atom is 0.0245 e. The summed E-state index contributed by atoms with van der Waals surface area (Å²) in [5, 5.41) is 0. The van der Waals surface area contributed by atoms with E-state index in [1.165, 1.54) is 6.42 Å². The Labute approximate surface area is 93.9 Å². The van der Waals surface area contributed by atoms with E-state index in [1.54, 1.807) is 0 Å². The summed E-state index contributed by atoms with van der Waals surface area (Å²) in [6.07, 6.45) is 2.19. The molecular formula is C12H13I. The van der Waals surface area contributed by atoms with E-state index >= 15 is 0 Å². The van der Waals surface area contributed by atoms with Gasteiger partial charge >= 0.3 is 0 Å². The van der Waals surface area contributed by atoms with Gasteiger partial charge in [-0.2, -0.15) is 0 Å². The SMILES string of the molecule is CCC(I)CC#Cc1ccccc1. The first-order chi connectivity index (χ1) is 6.33. The second-order valence-electron chi connectivity index (χ2n) is 2.88. The van der Waals surface area contributed by atoms with Crippen LogP contribution in [0.25, 0.3) is 0 Å². The van der Waals surface area contributed by atoms with Crippen molar-refractivity contribution in [1.82, 2.24) is 0 Å². The third-order valence-corrected chi connectivity index (χ3v) is 3.09.